The molecule has 1 aromatic rings. The number of carbonyl (C=O) groups is 1. The van der Waals surface area contributed by atoms with E-state index in [1.54, 1.807) is 10.7 Å². The van der Waals surface area contributed by atoms with Crippen molar-refractivity contribution in [2.45, 2.75) is 45.7 Å². The third-order valence-electron chi connectivity index (χ3n) is 3.38. The quantitative estimate of drug-likeness (QED) is 0.846. The van der Waals surface area contributed by atoms with E-state index in [1.807, 2.05) is 11.8 Å². The minimum atomic E-state index is 0.0586. The summed E-state index contributed by atoms with van der Waals surface area (Å²) in [7, 11) is 0. The van der Waals surface area contributed by atoms with Gasteiger partial charge in [-0.25, -0.2) is 0 Å². The number of nitrogens with two attached hydrogens (primary N) is 1. The molecule has 0 aromatic carbocycles. The molecule has 1 saturated heterocycles. The van der Waals surface area contributed by atoms with E-state index in [0.29, 0.717) is 24.1 Å². The summed E-state index contributed by atoms with van der Waals surface area (Å²) in [6, 6.07) is 1.99. The van der Waals surface area contributed by atoms with Gasteiger partial charge in [-0.1, -0.05) is 0 Å². The molecule has 0 bridgehead atoms. The summed E-state index contributed by atoms with van der Waals surface area (Å²) in [6.45, 7) is 5.57. The number of aryl methyl sites for hydroxylation is 1. The highest BCUT2D eigenvalue weighted by Gasteiger charge is 2.26. The molecule has 2 N–H and O–H groups in total. The minimum absolute atomic E-state index is 0.0586. The first-order chi connectivity index (χ1) is 8.13. The van der Waals surface area contributed by atoms with E-state index in [9.17, 15) is 4.79 Å². The fraction of sp³-hybridized carbons (Fsp3) is 0.667. The van der Waals surface area contributed by atoms with E-state index in [1.165, 1.54) is 6.42 Å². The van der Waals surface area contributed by atoms with E-state index in [2.05, 4.69) is 12.0 Å². The Bertz CT molecular complexity index is 413. The molecule has 1 amide bonds. The third-order valence-corrected chi connectivity index (χ3v) is 3.38. The van der Waals surface area contributed by atoms with Crippen LogP contribution < -0.4 is 5.73 Å². The van der Waals surface area contributed by atoms with Crippen molar-refractivity contribution in [1.29, 1.82) is 0 Å². The van der Waals surface area contributed by atoms with Crippen molar-refractivity contribution in [3.8, 4) is 0 Å². The summed E-state index contributed by atoms with van der Waals surface area (Å²) >= 11 is 0. The number of anilines is 1. The van der Waals surface area contributed by atoms with Crippen LogP contribution in [-0.4, -0.2) is 33.2 Å². The number of hydrogen-bond acceptors (Lipinski definition) is 3. The predicted molar refractivity (Wildman–Crippen MR) is 66.7 cm³/mol. The maximum absolute atomic E-state index is 12.4. The molecule has 5 heteroatoms. The van der Waals surface area contributed by atoms with Crippen LogP contribution in [0.2, 0.25) is 0 Å². The molecule has 2 heterocycles. The van der Waals surface area contributed by atoms with Gasteiger partial charge in [0.2, 0.25) is 0 Å². The molecule has 1 atom stereocenters. The molecule has 0 saturated carbocycles. The molecule has 0 radical (unpaired) electrons. The summed E-state index contributed by atoms with van der Waals surface area (Å²) in [5.74, 6) is 0.475. The van der Waals surface area contributed by atoms with E-state index in [-0.39, 0.29) is 5.91 Å². The first kappa shape index (κ1) is 12.0. The Labute approximate surface area is 102 Å². The van der Waals surface area contributed by atoms with Crippen molar-refractivity contribution >= 4 is 11.7 Å². The van der Waals surface area contributed by atoms with Crippen molar-refractivity contribution in [3.05, 3.63) is 11.8 Å². The lowest BCUT2D eigenvalue weighted by molar-refractivity contribution is 0.0623. The molecule has 1 unspecified atom stereocenters. The molecule has 1 fully saturated rings. The van der Waals surface area contributed by atoms with Crippen LogP contribution in [0, 0.1) is 0 Å². The molecule has 1 aliphatic heterocycles. The van der Waals surface area contributed by atoms with Gasteiger partial charge in [0.1, 0.15) is 11.5 Å². The van der Waals surface area contributed by atoms with E-state index < -0.39 is 0 Å². The molecular formula is C12H20N4O. The second-order valence-corrected chi connectivity index (χ2v) is 4.61. The van der Waals surface area contributed by atoms with Crippen LogP contribution in [-0.2, 0) is 6.54 Å². The van der Waals surface area contributed by atoms with E-state index >= 15 is 0 Å². The second kappa shape index (κ2) is 4.77. The zero-order chi connectivity index (χ0) is 12.4. The Morgan fingerprint density at radius 1 is 1.59 bits per heavy atom. The highest BCUT2D eigenvalue weighted by molar-refractivity contribution is 5.93. The highest BCUT2D eigenvalue weighted by Crippen LogP contribution is 2.20. The smallest absolute Gasteiger partial charge is 0.272 e. The van der Waals surface area contributed by atoms with Crippen LogP contribution in [0.4, 0.5) is 5.82 Å². The Morgan fingerprint density at radius 2 is 2.35 bits per heavy atom. The van der Waals surface area contributed by atoms with Crippen LogP contribution in [0.15, 0.2) is 6.07 Å². The van der Waals surface area contributed by atoms with E-state index in [0.717, 1.165) is 19.4 Å². The first-order valence-corrected chi connectivity index (χ1v) is 6.27. The number of nitrogen functional groups attached to an aromatic ring is 1. The first-order valence-electron chi connectivity index (χ1n) is 6.27. The summed E-state index contributed by atoms with van der Waals surface area (Å²) in [5, 5.41) is 4.12. The lowest BCUT2D eigenvalue weighted by Crippen LogP contribution is -2.42. The highest BCUT2D eigenvalue weighted by atomic mass is 16.2. The Balaban J connectivity index is 2.23. The van der Waals surface area contributed by atoms with Gasteiger partial charge in [-0.05, 0) is 33.1 Å². The van der Waals surface area contributed by atoms with Crippen molar-refractivity contribution in [3.63, 3.8) is 0 Å². The average Bonchev–Trinajstić information content (AvgIpc) is 2.70. The maximum Gasteiger partial charge on any atom is 0.272 e. The number of hydrogen-bond donors (Lipinski definition) is 1. The molecule has 94 valence electrons. The normalized spacial score (nSPS) is 20.6. The number of amides is 1. The third kappa shape index (κ3) is 2.28. The van der Waals surface area contributed by atoms with Crippen molar-refractivity contribution < 1.29 is 4.79 Å². The lowest BCUT2D eigenvalue weighted by Gasteiger charge is -2.33. The van der Waals surface area contributed by atoms with Crippen LogP contribution >= 0.6 is 0 Å². The molecule has 2 rings (SSSR count). The SMILES string of the molecule is CCn1nc(N)cc1C(=O)N1CCCCC1C. The van der Waals surface area contributed by atoms with Crippen molar-refractivity contribution in [1.82, 2.24) is 14.7 Å². The number of rotatable bonds is 2. The largest absolute Gasteiger partial charge is 0.382 e. The summed E-state index contributed by atoms with van der Waals surface area (Å²) in [6.07, 6.45) is 3.38. The van der Waals surface area contributed by atoms with Crippen molar-refractivity contribution in [2.75, 3.05) is 12.3 Å². The molecular weight excluding hydrogens is 216 g/mol. The molecule has 17 heavy (non-hydrogen) atoms. The van der Waals surface area contributed by atoms with Gasteiger partial charge in [0.25, 0.3) is 5.91 Å². The maximum atomic E-state index is 12.4. The molecule has 1 aliphatic rings. The van der Waals surface area contributed by atoms with Gasteiger partial charge in [0, 0.05) is 25.2 Å². The topological polar surface area (TPSA) is 64.2 Å². The van der Waals surface area contributed by atoms with Gasteiger partial charge in [-0.2, -0.15) is 5.10 Å². The Kier molecular flexibility index (Phi) is 3.36. The van der Waals surface area contributed by atoms with Crippen LogP contribution in [0.3, 0.4) is 0 Å². The zero-order valence-electron chi connectivity index (χ0n) is 10.5. The summed E-state index contributed by atoms with van der Waals surface area (Å²) in [5.41, 5.74) is 6.26. The van der Waals surface area contributed by atoms with Crippen molar-refractivity contribution in [2.24, 2.45) is 0 Å². The lowest BCUT2D eigenvalue weighted by atomic mass is 10.0. The molecule has 0 spiro atoms. The number of carbonyl (C=O) groups excluding carboxylic acids is 1. The standard InChI is InChI=1S/C12H20N4O/c1-3-16-10(8-11(13)14-16)12(17)15-7-5-4-6-9(15)2/h8-9H,3-7H2,1-2H3,(H2,13,14). The zero-order valence-corrected chi connectivity index (χ0v) is 10.5. The van der Waals surface area contributed by atoms with Gasteiger partial charge in [0.15, 0.2) is 0 Å². The van der Waals surface area contributed by atoms with Gasteiger partial charge in [-0.15, -0.1) is 0 Å². The molecule has 0 aliphatic carbocycles. The number of likely N-dealkylation sites (tertiary alicyclic amines) is 1. The van der Waals surface area contributed by atoms with E-state index in [4.69, 9.17) is 5.73 Å². The second-order valence-electron chi connectivity index (χ2n) is 4.61. The average molecular weight is 236 g/mol. The van der Waals surface area contributed by atoms with Gasteiger partial charge in [-0.3, -0.25) is 9.48 Å². The summed E-state index contributed by atoms with van der Waals surface area (Å²) < 4.78 is 1.68. The molecule has 5 nitrogen and oxygen atoms in total. The fourth-order valence-electron chi connectivity index (χ4n) is 2.40. The predicted octanol–water partition coefficient (Wildman–Crippen LogP) is 1.50. The van der Waals surface area contributed by atoms with Crippen LogP contribution in [0.5, 0.6) is 0 Å². The Morgan fingerprint density at radius 3 is 3.00 bits per heavy atom. The number of aromatic nitrogens is 2. The van der Waals surface area contributed by atoms with Gasteiger partial charge < -0.3 is 10.6 Å². The summed E-state index contributed by atoms with van der Waals surface area (Å²) in [4.78, 5) is 14.3. The molecule has 1 aromatic heterocycles. The monoisotopic (exact) mass is 236 g/mol. The fourth-order valence-corrected chi connectivity index (χ4v) is 2.40. The van der Waals surface area contributed by atoms with Gasteiger partial charge in [0.05, 0.1) is 0 Å². The number of piperidine rings is 1. The van der Waals surface area contributed by atoms with Crippen LogP contribution in [0.25, 0.3) is 0 Å². The Hall–Kier alpha value is -1.52. The van der Waals surface area contributed by atoms with Crippen LogP contribution in [0.1, 0.15) is 43.6 Å². The van der Waals surface area contributed by atoms with Gasteiger partial charge >= 0.3 is 0 Å². The number of nitrogens with zero attached hydrogens (tertiary/aromatic N) is 3. The minimum Gasteiger partial charge on any atom is -0.382 e.